The highest BCUT2D eigenvalue weighted by atomic mass is 16.6. The predicted molar refractivity (Wildman–Crippen MR) is 118 cm³/mol. The average Bonchev–Trinajstić information content (AvgIpc) is 3.66. The number of esters is 2. The minimum Gasteiger partial charge on any atom is -0.497 e. The summed E-state index contributed by atoms with van der Waals surface area (Å²) in [6.45, 7) is 1.29. The van der Waals surface area contributed by atoms with Gasteiger partial charge in [0.05, 0.1) is 27.1 Å². The van der Waals surface area contributed by atoms with Gasteiger partial charge in [0.15, 0.2) is 0 Å². The van der Waals surface area contributed by atoms with Crippen LogP contribution < -0.4 is 9.64 Å². The molecule has 1 aliphatic heterocycles. The van der Waals surface area contributed by atoms with Gasteiger partial charge in [-0.1, -0.05) is 0 Å². The number of hydrogen-bond donors (Lipinski definition) is 0. The molecule has 0 aromatic heterocycles. The molecule has 1 saturated carbocycles. The lowest BCUT2D eigenvalue weighted by Crippen LogP contribution is -2.51. The summed E-state index contributed by atoms with van der Waals surface area (Å²) < 4.78 is 15.1. The molecular weight excluding hydrogens is 426 g/mol. The molecule has 0 bridgehead atoms. The number of ketones is 2. The summed E-state index contributed by atoms with van der Waals surface area (Å²) >= 11 is 0. The van der Waals surface area contributed by atoms with E-state index < -0.39 is 29.1 Å². The van der Waals surface area contributed by atoms with Crippen LogP contribution in [0, 0.1) is 5.92 Å². The van der Waals surface area contributed by atoms with E-state index in [2.05, 4.69) is 4.74 Å². The molecule has 0 N–H and O–H groups in total. The second-order valence-electron chi connectivity index (χ2n) is 8.33. The quantitative estimate of drug-likeness (QED) is 0.461. The number of hydrogen-bond acceptors (Lipinski definition) is 8. The Labute approximate surface area is 191 Å². The first-order chi connectivity index (χ1) is 15.8. The van der Waals surface area contributed by atoms with Crippen molar-refractivity contribution in [1.29, 1.82) is 0 Å². The molecule has 1 unspecified atom stereocenters. The van der Waals surface area contributed by atoms with E-state index in [4.69, 9.17) is 9.47 Å². The van der Waals surface area contributed by atoms with Crippen molar-refractivity contribution in [2.45, 2.75) is 38.2 Å². The summed E-state index contributed by atoms with van der Waals surface area (Å²) in [6, 6.07) is 7.46. The number of Topliss-reactive ketones (excluding diaryl/α,β-unsaturated/α-hetero) is 1. The van der Waals surface area contributed by atoms with Crippen LogP contribution in [0.3, 0.4) is 0 Å². The van der Waals surface area contributed by atoms with E-state index in [-0.39, 0.29) is 18.4 Å². The molecule has 2 aliphatic carbocycles. The van der Waals surface area contributed by atoms with Crippen LogP contribution in [0.1, 0.15) is 32.6 Å². The lowest BCUT2D eigenvalue weighted by Gasteiger charge is -2.35. The molecular formula is C25H25NO7. The van der Waals surface area contributed by atoms with E-state index in [9.17, 15) is 19.2 Å². The fourth-order valence-electron chi connectivity index (χ4n) is 3.88. The van der Waals surface area contributed by atoms with E-state index in [1.165, 1.54) is 20.1 Å². The van der Waals surface area contributed by atoms with Crippen LogP contribution in [0.15, 0.2) is 59.5 Å². The smallest absolute Gasteiger partial charge is 0.307 e. The Balaban J connectivity index is 1.65. The van der Waals surface area contributed by atoms with Gasteiger partial charge in [-0.15, -0.1) is 0 Å². The first kappa shape index (κ1) is 22.5. The Morgan fingerprint density at radius 3 is 2.30 bits per heavy atom. The molecule has 8 heteroatoms. The molecule has 3 aliphatic rings. The average molecular weight is 451 g/mol. The van der Waals surface area contributed by atoms with Crippen molar-refractivity contribution in [1.82, 2.24) is 0 Å². The van der Waals surface area contributed by atoms with Crippen LogP contribution in [-0.2, 0) is 28.7 Å². The van der Waals surface area contributed by atoms with E-state index >= 15 is 0 Å². The van der Waals surface area contributed by atoms with Gasteiger partial charge in [0.1, 0.15) is 5.75 Å². The van der Waals surface area contributed by atoms with Crippen molar-refractivity contribution >= 4 is 29.2 Å². The minimum absolute atomic E-state index is 0.198. The number of carbonyl (C=O) groups excluding carboxylic acids is 4. The number of methoxy groups -OCH3 is 2. The Morgan fingerprint density at radius 1 is 1.03 bits per heavy atom. The number of carbonyl (C=O) groups is 4. The molecule has 172 valence electrons. The van der Waals surface area contributed by atoms with Crippen molar-refractivity contribution in [3.05, 3.63) is 59.5 Å². The summed E-state index contributed by atoms with van der Waals surface area (Å²) in [5, 5.41) is 0. The standard InChI is InChI=1S/C25H25NO7/c1-25(33-23(29)11-10-22(28)32-3)21(27)13-16-12-20(15-4-5-15)26(14-19(16)24(25)30)17-6-8-18(31-2)9-7-17/h6-9,12-15H,4-5,10-11H2,1-3H3. The van der Waals surface area contributed by atoms with Gasteiger partial charge in [0.2, 0.25) is 17.2 Å². The van der Waals surface area contributed by atoms with Gasteiger partial charge in [-0.25, -0.2) is 0 Å². The van der Waals surface area contributed by atoms with Crippen LogP contribution in [0.4, 0.5) is 5.69 Å². The first-order valence-corrected chi connectivity index (χ1v) is 10.7. The fourth-order valence-corrected chi connectivity index (χ4v) is 3.88. The summed E-state index contributed by atoms with van der Waals surface area (Å²) in [5.74, 6) is -1.54. The summed E-state index contributed by atoms with van der Waals surface area (Å²) in [7, 11) is 2.80. The molecule has 0 amide bonds. The van der Waals surface area contributed by atoms with Crippen molar-refractivity contribution < 1.29 is 33.4 Å². The molecule has 1 atom stereocenters. The van der Waals surface area contributed by atoms with Crippen molar-refractivity contribution in [3.8, 4) is 5.75 Å². The van der Waals surface area contributed by atoms with Crippen LogP contribution in [0.25, 0.3) is 0 Å². The van der Waals surface area contributed by atoms with Crippen molar-refractivity contribution in [2.75, 3.05) is 19.1 Å². The number of ether oxygens (including phenoxy) is 3. The van der Waals surface area contributed by atoms with Gasteiger partial charge in [-0.2, -0.15) is 0 Å². The van der Waals surface area contributed by atoms with E-state index in [1.54, 1.807) is 13.3 Å². The Kier molecular flexibility index (Phi) is 5.93. The molecule has 4 rings (SSSR count). The normalized spacial score (nSPS) is 22.0. The summed E-state index contributed by atoms with van der Waals surface area (Å²) in [5.41, 5.74) is 0.674. The third kappa shape index (κ3) is 4.33. The maximum atomic E-state index is 13.4. The zero-order chi connectivity index (χ0) is 23.8. The zero-order valence-electron chi connectivity index (χ0n) is 18.8. The Morgan fingerprint density at radius 2 is 1.70 bits per heavy atom. The maximum absolute atomic E-state index is 13.4. The number of fused-ring (bicyclic) bond motifs is 1. The second-order valence-corrected chi connectivity index (χ2v) is 8.33. The van der Waals surface area contributed by atoms with Gasteiger partial charge in [-0.05, 0) is 67.7 Å². The van der Waals surface area contributed by atoms with Crippen LogP contribution in [0.2, 0.25) is 0 Å². The highest BCUT2D eigenvalue weighted by Gasteiger charge is 2.50. The van der Waals surface area contributed by atoms with E-state index in [0.717, 1.165) is 24.2 Å². The number of benzene rings is 1. The lowest BCUT2D eigenvalue weighted by molar-refractivity contribution is -0.169. The monoisotopic (exact) mass is 451 g/mol. The SMILES string of the molecule is COC(=O)CCC(=O)OC1(C)C(=O)C=C2C=C(C3CC3)N(c3ccc(OC)cc3)C=C2C1=O. The van der Waals surface area contributed by atoms with Gasteiger partial charge in [0.25, 0.3) is 0 Å². The molecule has 1 aromatic carbocycles. The largest absolute Gasteiger partial charge is 0.497 e. The number of nitrogens with zero attached hydrogens (tertiary/aromatic N) is 1. The number of allylic oxidation sites excluding steroid dienone is 3. The molecule has 1 fully saturated rings. The highest BCUT2D eigenvalue weighted by molar-refractivity contribution is 6.26. The molecule has 1 aromatic rings. The van der Waals surface area contributed by atoms with Crippen LogP contribution in [0.5, 0.6) is 5.75 Å². The van der Waals surface area contributed by atoms with Crippen molar-refractivity contribution in [3.63, 3.8) is 0 Å². The van der Waals surface area contributed by atoms with Crippen LogP contribution >= 0.6 is 0 Å². The predicted octanol–water partition coefficient (Wildman–Crippen LogP) is 3.03. The molecule has 0 saturated heterocycles. The lowest BCUT2D eigenvalue weighted by atomic mass is 9.79. The van der Waals surface area contributed by atoms with E-state index in [1.807, 2.05) is 35.2 Å². The van der Waals surface area contributed by atoms with E-state index in [0.29, 0.717) is 17.2 Å². The third-order valence-corrected chi connectivity index (χ3v) is 6.01. The fraction of sp³-hybridized carbons (Fsp3) is 0.360. The number of anilines is 1. The zero-order valence-corrected chi connectivity index (χ0v) is 18.8. The second kappa shape index (κ2) is 8.69. The van der Waals surface area contributed by atoms with Gasteiger partial charge in [-0.3, -0.25) is 19.2 Å². The van der Waals surface area contributed by atoms with Gasteiger partial charge < -0.3 is 19.1 Å². The maximum Gasteiger partial charge on any atom is 0.307 e. The third-order valence-electron chi connectivity index (χ3n) is 6.01. The molecule has 0 radical (unpaired) electrons. The van der Waals surface area contributed by atoms with Crippen LogP contribution in [-0.4, -0.2) is 43.3 Å². The summed E-state index contributed by atoms with van der Waals surface area (Å²) in [6.07, 6.45) is 6.51. The molecule has 8 nitrogen and oxygen atoms in total. The van der Waals surface area contributed by atoms with Crippen molar-refractivity contribution in [2.24, 2.45) is 5.92 Å². The minimum atomic E-state index is -1.99. The Hall–Kier alpha value is -3.68. The first-order valence-electron chi connectivity index (χ1n) is 10.7. The summed E-state index contributed by atoms with van der Waals surface area (Å²) in [4.78, 5) is 51.8. The highest BCUT2D eigenvalue weighted by Crippen LogP contribution is 2.45. The molecule has 0 spiro atoms. The Bertz CT molecular complexity index is 1110. The van der Waals surface area contributed by atoms with Gasteiger partial charge >= 0.3 is 11.9 Å². The molecule has 1 heterocycles. The molecule has 33 heavy (non-hydrogen) atoms. The topological polar surface area (TPSA) is 99.2 Å². The number of rotatable bonds is 7. The van der Waals surface area contributed by atoms with Gasteiger partial charge in [0, 0.05) is 23.2 Å².